The molecule has 0 atom stereocenters. The first-order chi connectivity index (χ1) is 14.7. The van der Waals surface area contributed by atoms with Gasteiger partial charge in [-0.3, -0.25) is 4.99 Å². The van der Waals surface area contributed by atoms with Crippen molar-refractivity contribution in [3.63, 3.8) is 0 Å². The molecule has 0 aliphatic heterocycles. The summed E-state index contributed by atoms with van der Waals surface area (Å²) in [6.07, 6.45) is 3.85. The highest BCUT2D eigenvalue weighted by atomic mass is 127. The van der Waals surface area contributed by atoms with Crippen LogP contribution >= 0.6 is 24.0 Å². The number of anilines is 1. The molecule has 0 amide bonds. The largest absolute Gasteiger partial charge is 0.469 e. The number of furan rings is 1. The van der Waals surface area contributed by atoms with E-state index in [0.717, 1.165) is 43.3 Å². The maximum Gasteiger partial charge on any atom is 0.191 e. The van der Waals surface area contributed by atoms with E-state index in [1.807, 2.05) is 49.4 Å². The first-order valence-electron chi connectivity index (χ1n) is 10.1. The number of rotatable bonds is 9. The second-order valence-corrected chi connectivity index (χ2v) is 6.69. The summed E-state index contributed by atoms with van der Waals surface area (Å²) in [7, 11) is 0. The molecule has 1 aromatic carbocycles. The summed E-state index contributed by atoms with van der Waals surface area (Å²) in [5.74, 6) is 2.07. The maximum atomic E-state index is 9.51. The lowest BCUT2D eigenvalue weighted by Crippen LogP contribution is -2.38. The second-order valence-electron chi connectivity index (χ2n) is 6.69. The van der Waals surface area contributed by atoms with Gasteiger partial charge in [-0.2, -0.15) is 10.4 Å². The van der Waals surface area contributed by atoms with Gasteiger partial charge in [-0.15, -0.1) is 24.0 Å². The number of para-hydroxylation sites is 1. The highest BCUT2D eigenvalue weighted by molar-refractivity contribution is 14.0. The summed E-state index contributed by atoms with van der Waals surface area (Å²) < 4.78 is 6.96. The minimum Gasteiger partial charge on any atom is -0.469 e. The van der Waals surface area contributed by atoms with Crippen LogP contribution in [0.25, 0.3) is 5.69 Å². The molecular weight excluding hydrogens is 505 g/mol. The zero-order valence-corrected chi connectivity index (χ0v) is 19.9. The predicted octanol–water partition coefficient (Wildman–Crippen LogP) is 3.27. The van der Waals surface area contributed by atoms with Crippen LogP contribution in [-0.2, 0) is 12.8 Å². The van der Waals surface area contributed by atoms with E-state index in [1.54, 1.807) is 10.9 Å². The van der Waals surface area contributed by atoms with Gasteiger partial charge in [0.25, 0.3) is 0 Å². The Labute approximate surface area is 199 Å². The molecule has 8 nitrogen and oxygen atoms in total. The van der Waals surface area contributed by atoms with Gasteiger partial charge in [0.05, 0.1) is 17.6 Å². The standard InChI is InChI=1S/C22H27N7O.HI/c1-2-25-22(27-14-12-18-10-7-15-30-18)26-13-6-11-20-19(16-23)21(24)29(28-20)17-8-4-3-5-9-17;/h3-5,7-10,15H,2,6,11-14,24H2,1H3,(H2,25,26,27);1H. The van der Waals surface area contributed by atoms with Crippen LogP contribution in [-0.4, -0.2) is 35.4 Å². The van der Waals surface area contributed by atoms with Crippen molar-refractivity contribution >= 4 is 35.8 Å². The smallest absolute Gasteiger partial charge is 0.191 e. The van der Waals surface area contributed by atoms with Crippen LogP contribution in [0.5, 0.6) is 0 Å². The van der Waals surface area contributed by atoms with Gasteiger partial charge in [0, 0.05) is 26.1 Å². The van der Waals surface area contributed by atoms with E-state index >= 15 is 0 Å². The highest BCUT2D eigenvalue weighted by Crippen LogP contribution is 2.21. The van der Waals surface area contributed by atoms with E-state index in [2.05, 4.69) is 26.8 Å². The fourth-order valence-electron chi connectivity index (χ4n) is 3.08. The topological polar surface area (TPSA) is 117 Å². The number of aliphatic imine (C=N–C) groups is 1. The number of hydrogen-bond donors (Lipinski definition) is 3. The van der Waals surface area contributed by atoms with Gasteiger partial charge in [0.2, 0.25) is 0 Å². The summed E-state index contributed by atoms with van der Waals surface area (Å²) in [4.78, 5) is 4.61. The van der Waals surface area contributed by atoms with E-state index < -0.39 is 0 Å². The molecule has 4 N–H and O–H groups in total. The number of nitriles is 1. The zero-order valence-electron chi connectivity index (χ0n) is 17.5. The molecule has 0 radical (unpaired) electrons. The molecule has 0 aliphatic rings. The Balaban J connectivity index is 0.00000341. The van der Waals surface area contributed by atoms with Gasteiger partial charge in [0.15, 0.2) is 5.96 Å². The van der Waals surface area contributed by atoms with Gasteiger partial charge >= 0.3 is 0 Å². The van der Waals surface area contributed by atoms with Crippen LogP contribution < -0.4 is 16.4 Å². The van der Waals surface area contributed by atoms with Crippen LogP contribution in [0.15, 0.2) is 58.1 Å². The van der Waals surface area contributed by atoms with Crippen molar-refractivity contribution in [2.75, 3.05) is 25.4 Å². The van der Waals surface area contributed by atoms with Gasteiger partial charge in [-0.25, -0.2) is 4.68 Å². The molecular formula is C22H28IN7O. The molecule has 0 saturated carbocycles. The first-order valence-corrected chi connectivity index (χ1v) is 10.1. The quantitative estimate of drug-likeness (QED) is 0.168. The fraction of sp³-hybridized carbons (Fsp3) is 0.318. The van der Waals surface area contributed by atoms with Crippen molar-refractivity contribution in [2.24, 2.45) is 4.99 Å². The van der Waals surface area contributed by atoms with Crippen molar-refractivity contribution < 1.29 is 4.42 Å². The number of guanidine groups is 1. The van der Waals surface area contributed by atoms with Crippen molar-refractivity contribution in [1.82, 2.24) is 20.4 Å². The normalized spacial score (nSPS) is 10.9. The molecule has 3 aromatic rings. The molecule has 0 aliphatic carbocycles. The van der Waals surface area contributed by atoms with Crippen molar-refractivity contribution in [2.45, 2.75) is 26.2 Å². The average Bonchev–Trinajstić information content (AvgIpc) is 3.39. The molecule has 2 heterocycles. The van der Waals surface area contributed by atoms with Gasteiger partial charge in [-0.05, 0) is 44.0 Å². The lowest BCUT2D eigenvalue weighted by molar-refractivity contribution is 0.507. The molecule has 3 rings (SSSR count). The molecule has 0 bridgehead atoms. The number of nitrogens with two attached hydrogens (primary N) is 1. The third kappa shape index (κ3) is 6.75. The second kappa shape index (κ2) is 12.6. The number of nitrogens with zero attached hydrogens (tertiary/aromatic N) is 4. The van der Waals surface area contributed by atoms with Crippen LogP contribution in [0.1, 0.15) is 30.4 Å². The van der Waals surface area contributed by atoms with Crippen molar-refractivity contribution in [3.8, 4) is 11.8 Å². The van der Waals surface area contributed by atoms with Crippen molar-refractivity contribution in [3.05, 3.63) is 65.7 Å². The van der Waals surface area contributed by atoms with E-state index in [1.165, 1.54) is 0 Å². The zero-order chi connectivity index (χ0) is 21.2. The number of nitrogen functional groups attached to an aromatic ring is 1. The number of nitrogens with one attached hydrogen (secondary N) is 2. The van der Waals surface area contributed by atoms with Crippen LogP contribution in [0.4, 0.5) is 5.82 Å². The minimum atomic E-state index is 0. The molecule has 164 valence electrons. The average molecular weight is 533 g/mol. The molecule has 0 unspecified atom stereocenters. The van der Waals surface area contributed by atoms with Crippen molar-refractivity contribution in [1.29, 1.82) is 5.26 Å². The summed E-state index contributed by atoms with van der Waals surface area (Å²) in [5, 5.41) is 20.6. The molecule has 0 spiro atoms. The third-order valence-corrected chi connectivity index (χ3v) is 4.54. The van der Waals surface area contributed by atoms with Crippen LogP contribution in [0, 0.1) is 11.3 Å². The summed E-state index contributed by atoms with van der Waals surface area (Å²) >= 11 is 0. The maximum absolute atomic E-state index is 9.51. The number of hydrogen-bond acceptors (Lipinski definition) is 5. The molecule has 9 heteroatoms. The highest BCUT2D eigenvalue weighted by Gasteiger charge is 2.16. The lowest BCUT2D eigenvalue weighted by Gasteiger charge is -2.10. The number of halogens is 1. The predicted molar refractivity (Wildman–Crippen MR) is 133 cm³/mol. The minimum absolute atomic E-state index is 0. The van der Waals surface area contributed by atoms with E-state index in [-0.39, 0.29) is 24.0 Å². The molecule has 0 fully saturated rings. The molecule has 0 saturated heterocycles. The third-order valence-electron chi connectivity index (χ3n) is 4.54. The summed E-state index contributed by atoms with van der Waals surface area (Å²) in [6, 6.07) is 15.6. The van der Waals surface area contributed by atoms with E-state index in [4.69, 9.17) is 10.2 Å². The Morgan fingerprint density at radius 1 is 1.19 bits per heavy atom. The van der Waals surface area contributed by atoms with Crippen LogP contribution in [0.2, 0.25) is 0 Å². The van der Waals surface area contributed by atoms with Gasteiger partial charge in [-0.1, -0.05) is 18.2 Å². The molecule has 31 heavy (non-hydrogen) atoms. The van der Waals surface area contributed by atoms with Gasteiger partial charge < -0.3 is 20.8 Å². The Hall–Kier alpha value is -3.00. The first kappa shape index (κ1) is 24.3. The molecule has 2 aromatic heterocycles. The summed E-state index contributed by atoms with van der Waals surface area (Å²) in [5.41, 5.74) is 8.13. The number of benzene rings is 1. The Morgan fingerprint density at radius 2 is 2.00 bits per heavy atom. The monoisotopic (exact) mass is 533 g/mol. The summed E-state index contributed by atoms with van der Waals surface area (Å²) in [6.45, 7) is 4.15. The van der Waals surface area contributed by atoms with Crippen LogP contribution in [0.3, 0.4) is 0 Å². The number of aromatic nitrogens is 2. The Bertz CT molecular complexity index is 991. The fourth-order valence-corrected chi connectivity index (χ4v) is 3.08. The van der Waals surface area contributed by atoms with Gasteiger partial charge in [0.1, 0.15) is 23.2 Å². The SMILES string of the molecule is CCNC(=NCCCc1nn(-c2ccccc2)c(N)c1C#N)NCCc1ccco1.I. The lowest BCUT2D eigenvalue weighted by atomic mass is 10.1. The Morgan fingerprint density at radius 3 is 2.68 bits per heavy atom. The van der Waals surface area contributed by atoms with E-state index in [9.17, 15) is 5.26 Å². The van der Waals surface area contributed by atoms with E-state index in [0.29, 0.717) is 30.0 Å². The Kier molecular flexibility index (Phi) is 9.90. The number of aryl methyl sites for hydroxylation is 1.